The van der Waals surface area contributed by atoms with E-state index in [-0.39, 0.29) is 5.78 Å². The molecule has 2 aromatic rings. The Morgan fingerprint density at radius 1 is 0.588 bits per heavy atom. The van der Waals surface area contributed by atoms with Crippen molar-refractivity contribution in [1.82, 2.24) is 0 Å². The SMILES string of the molecule is O=C(O)CCCCCCCCCCCCCCCOCc1ccc(C(=O)c2ccccc2)cc1. The van der Waals surface area contributed by atoms with Gasteiger partial charge in [0.15, 0.2) is 5.78 Å². The number of benzene rings is 2. The number of carbonyl (C=O) groups excluding carboxylic acids is 1. The van der Waals surface area contributed by atoms with Gasteiger partial charge in [0.1, 0.15) is 0 Å². The van der Waals surface area contributed by atoms with Crippen molar-refractivity contribution in [2.75, 3.05) is 6.61 Å². The molecule has 0 heterocycles. The van der Waals surface area contributed by atoms with Crippen LogP contribution < -0.4 is 0 Å². The molecular weight excluding hydrogens is 424 g/mol. The summed E-state index contributed by atoms with van der Waals surface area (Å²) in [5, 5.41) is 8.61. The van der Waals surface area contributed by atoms with E-state index >= 15 is 0 Å². The van der Waals surface area contributed by atoms with Crippen LogP contribution in [0.15, 0.2) is 54.6 Å². The Labute approximate surface area is 205 Å². The number of unbranched alkanes of at least 4 members (excludes halogenated alkanes) is 12. The van der Waals surface area contributed by atoms with Gasteiger partial charge in [-0.3, -0.25) is 9.59 Å². The molecule has 0 atom stereocenters. The van der Waals surface area contributed by atoms with Crippen molar-refractivity contribution in [3.8, 4) is 0 Å². The van der Waals surface area contributed by atoms with Gasteiger partial charge in [-0.25, -0.2) is 0 Å². The summed E-state index contributed by atoms with van der Waals surface area (Å²) in [6.45, 7) is 1.39. The van der Waals surface area contributed by atoms with E-state index < -0.39 is 5.97 Å². The number of hydrogen-bond acceptors (Lipinski definition) is 3. The Morgan fingerprint density at radius 3 is 1.59 bits per heavy atom. The number of hydrogen-bond donors (Lipinski definition) is 1. The maximum Gasteiger partial charge on any atom is 0.303 e. The highest BCUT2D eigenvalue weighted by Gasteiger charge is 2.08. The van der Waals surface area contributed by atoms with E-state index in [0.717, 1.165) is 31.4 Å². The van der Waals surface area contributed by atoms with Gasteiger partial charge in [-0.1, -0.05) is 125 Å². The molecule has 0 radical (unpaired) electrons. The Kier molecular flexibility index (Phi) is 14.7. The predicted octanol–water partition coefficient (Wildman–Crippen LogP) is 7.98. The third kappa shape index (κ3) is 12.7. The van der Waals surface area contributed by atoms with Crippen molar-refractivity contribution in [1.29, 1.82) is 0 Å². The molecular formula is C30H42O4. The van der Waals surface area contributed by atoms with Crippen molar-refractivity contribution in [3.63, 3.8) is 0 Å². The molecule has 2 rings (SSSR count). The molecule has 0 fully saturated rings. The van der Waals surface area contributed by atoms with Gasteiger partial charge < -0.3 is 9.84 Å². The average molecular weight is 467 g/mol. The first-order chi connectivity index (χ1) is 16.7. The normalized spacial score (nSPS) is 10.9. The minimum absolute atomic E-state index is 0.0537. The summed E-state index contributed by atoms with van der Waals surface area (Å²) < 4.78 is 5.81. The zero-order chi connectivity index (χ0) is 24.3. The monoisotopic (exact) mass is 466 g/mol. The van der Waals surface area contributed by atoms with Crippen LogP contribution in [0, 0.1) is 0 Å². The first kappa shape index (κ1) is 27.8. The molecule has 0 saturated heterocycles. The number of ether oxygens (including phenoxy) is 1. The standard InChI is InChI=1S/C30H42O4/c31-29(32)19-15-10-8-6-4-2-1-3-5-7-9-11-16-24-34-25-26-20-22-28(23-21-26)30(33)27-17-13-12-14-18-27/h12-14,17-18,20-23H,1-11,15-16,19,24-25H2,(H,31,32). The first-order valence-electron chi connectivity index (χ1n) is 13.1. The minimum Gasteiger partial charge on any atom is -0.481 e. The van der Waals surface area contributed by atoms with Gasteiger partial charge >= 0.3 is 5.97 Å². The highest BCUT2D eigenvalue weighted by atomic mass is 16.5. The number of carboxylic acids is 1. The fourth-order valence-corrected chi connectivity index (χ4v) is 4.12. The van der Waals surface area contributed by atoms with Gasteiger partial charge in [-0.2, -0.15) is 0 Å². The molecule has 4 heteroatoms. The molecule has 186 valence electrons. The molecule has 0 aromatic heterocycles. The molecule has 0 aliphatic rings. The third-order valence-electron chi connectivity index (χ3n) is 6.20. The summed E-state index contributed by atoms with van der Waals surface area (Å²) in [7, 11) is 0. The first-order valence-corrected chi connectivity index (χ1v) is 13.1. The molecule has 0 bridgehead atoms. The van der Waals surface area contributed by atoms with Crippen molar-refractivity contribution in [3.05, 3.63) is 71.3 Å². The van der Waals surface area contributed by atoms with E-state index in [1.54, 1.807) is 0 Å². The van der Waals surface area contributed by atoms with Crippen molar-refractivity contribution < 1.29 is 19.4 Å². The van der Waals surface area contributed by atoms with Gasteiger partial charge in [0.05, 0.1) is 6.61 Å². The van der Waals surface area contributed by atoms with Gasteiger partial charge in [0.2, 0.25) is 0 Å². The van der Waals surface area contributed by atoms with Crippen LogP contribution in [-0.4, -0.2) is 23.5 Å². The van der Waals surface area contributed by atoms with Crippen molar-refractivity contribution >= 4 is 11.8 Å². The molecule has 0 amide bonds. The molecule has 4 nitrogen and oxygen atoms in total. The Balaban J connectivity index is 1.38. The summed E-state index contributed by atoms with van der Waals surface area (Å²) in [5.41, 5.74) is 2.53. The predicted molar refractivity (Wildman–Crippen MR) is 138 cm³/mol. The van der Waals surface area contributed by atoms with Crippen LogP contribution in [0.2, 0.25) is 0 Å². The van der Waals surface area contributed by atoms with E-state index in [2.05, 4.69) is 0 Å². The van der Waals surface area contributed by atoms with Crippen LogP contribution >= 0.6 is 0 Å². The van der Waals surface area contributed by atoms with Crippen molar-refractivity contribution in [2.24, 2.45) is 0 Å². The third-order valence-corrected chi connectivity index (χ3v) is 6.20. The van der Waals surface area contributed by atoms with E-state index in [0.29, 0.717) is 24.2 Å². The second kappa shape index (κ2) is 17.9. The minimum atomic E-state index is -0.673. The van der Waals surface area contributed by atoms with E-state index in [4.69, 9.17) is 9.84 Å². The maximum atomic E-state index is 12.4. The maximum absolute atomic E-state index is 12.4. The fourth-order valence-electron chi connectivity index (χ4n) is 4.12. The lowest BCUT2D eigenvalue weighted by Crippen LogP contribution is -2.01. The van der Waals surface area contributed by atoms with Crippen molar-refractivity contribution in [2.45, 2.75) is 96.5 Å². The quantitative estimate of drug-likeness (QED) is 0.159. The zero-order valence-electron chi connectivity index (χ0n) is 20.7. The molecule has 0 aliphatic heterocycles. The second-order valence-corrected chi connectivity index (χ2v) is 9.18. The largest absolute Gasteiger partial charge is 0.481 e. The van der Waals surface area contributed by atoms with Gasteiger partial charge in [0.25, 0.3) is 0 Å². The van der Waals surface area contributed by atoms with Crippen LogP contribution in [0.3, 0.4) is 0 Å². The van der Waals surface area contributed by atoms with E-state index in [1.165, 1.54) is 64.2 Å². The molecule has 34 heavy (non-hydrogen) atoms. The Morgan fingerprint density at radius 2 is 1.06 bits per heavy atom. The number of aliphatic carboxylic acids is 1. The Hall–Kier alpha value is -2.46. The highest BCUT2D eigenvalue weighted by molar-refractivity contribution is 6.08. The topological polar surface area (TPSA) is 63.6 Å². The van der Waals surface area contributed by atoms with E-state index in [1.807, 2.05) is 54.6 Å². The molecule has 0 spiro atoms. The summed E-state index contributed by atoms with van der Waals surface area (Å²) >= 11 is 0. The molecule has 2 aromatic carbocycles. The molecule has 0 aliphatic carbocycles. The lowest BCUT2D eigenvalue weighted by molar-refractivity contribution is -0.137. The summed E-state index contributed by atoms with van der Waals surface area (Å²) in [5.74, 6) is -0.620. The second-order valence-electron chi connectivity index (χ2n) is 9.18. The zero-order valence-corrected chi connectivity index (χ0v) is 20.7. The Bertz CT molecular complexity index is 798. The molecule has 0 unspecified atom stereocenters. The van der Waals surface area contributed by atoms with Gasteiger partial charge in [-0.05, 0) is 18.4 Å². The number of carbonyl (C=O) groups is 2. The molecule has 1 N–H and O–H groups in total. The van der Waals surface area contributed by atoms with Gasteiger partial charge in [-0.15, -0.1) is 0 Å². The molecule has 0 saturated carbocycles. The fraction of sp³-hybridized carbons (Fsp3) is 0.533. The summed E-state index contributed by atoms with van der Waals surface area (Å²) in [6.07, 6.45) is 16.1. The number of rotatable bonds is 20. The van der Waals surface area contributed by atoms with Crippen LogP contribution in [0.1, 0.15) is 111 Å². The number of ketones is 1. The number of carboxylic acid groups (broad SMARTS) is 1. The average Bonchev–Trinajstić information content (AvgIpc) is 2.86. The smallest absolute Gasteiger partial charge is 0.303 e. The summed E-state index contributed by atoms with van der Waals surface area (Å²) in [6, 6.07) is 17.1. The van der Waals surface area contributed by atoms with Crippen LogP contribution in [0.4, 0.5) is 0 Å². The van der Waals surface area contributed by atoms with Gasteiger partial charge in [0, 0.05) is 24.2 Å². The lowest BCUT2D eigenvalue weighted by Gasteiger charge is -2.06. The van der Waals surface area contributed by atoms with E-state index in [9.17, 15) is 9.59 Å². The van der Waals surface area contributed by atoms with Crippen LogP contribution in [0.5, 0.6) is 0 Å². The highest BCUT2D eigenvalue weighted by Crippen LogP contribution is 2.14. The van der Waals surface area contributed by atoms with Crippen LogP contribution in [-0.2, 0) is 16.1 Å². The lowest BCUT2D eigenvalue weighted by atomic mass is 10.0. The summed E-state index contributed by atoms with van der Waals surface area (Å²) in [4.78, 5) is 22.9. The van der Waals surface area contributed by atoms with Crippen LogP contribution in [0.25, 0.3) is 0 Å².